The van der Waals surface area contributed by atoms with Gasteiger partial charge in [-0.3, -0.25) is 14.4 Å². The normalized spacial score (nSPS) is 11.2. The molecule has 0 aliphatic heterocycles. The highest BCUT2D eigenvalue weighted by molar-refractivity contribution is 5.92. The van der Waals surface area contributed by atoms with E-state index >= 15 is 0 Å². The Morgan fingerprint density at radius 1 is 1.03 bits per heavy atom. The number of nitrogens with zero attached hydrogens (tertiary/aromatic N) is 3. The van der Waals surface area contributed by atoms with Crippen molar-refractivity contribution in [2.45, 2.75) is 20.0 Å². The van der Waals surface area contributed by atoms with Gasteiger partial charge in [0.25, 0.3) is 5.91 Å². The molecule has 3 aromatic carbocycles. The van der Waals surface area contributed by atoms with Crippen LogP contribution in [0.2, 0.25) is 0 Å². The molecule has 0 spiro atoms. The number of fused-ring (bicyclic) bond motifs is 1. The molecular weight excluding hydrogens is 412 g/mol. The topological polar surface area (TPSA) is 59.4 Å². The summed E-state index contributed by atoms with van der Waals surface area (Å²) in [5.41, 5.74) is 3.93. The van der Waals surface area contributed by atoms with Crippen molar-refractivity contribution in [1.82, 2.24) is 20.0 Å². The Labute approximate surface area is 194 Å². The Morgan fingerprint density at radius 3 is 2.55 bits per heavy atom. The summed E-state index contributed by atoms with van der Waals surface area (Å²) < 4.78 is 7.37. The Bertz CT molecular complexity index is 1230. The summed E-state index contributed by atoms with van der Waals surface area (Å²) in [6.45, 7) is 4.44. The highest BCUT2D eigenvalue weighted by atomic mass is 16.5. The quantitative estimate of drug-likeness (QED) is 0.392. The molecule has 0 fully saturated rings. The van der Waals surface area contributed by atoms with Crippen molar-refractivity contribution < 1.29 is 9.53 Å². The van der Waals surface area contributed by atoms with Crippen molar-refractivity contribution >= 4 is 16.7 Å². The van der Waals surface area contributed by atoms with Crippen molar-refractivity contribution in [3.63, 3.8) is 0 Å². The first-order chi connectivity index (χ1) is 16.0. The molecule has 0 aliphatic carbocycles. The third-order valence-corrected chi connectivity index (χ3v) is 5.59. The maximum Gasteiger partial charge on any atom is 0.269 e. The molecule has 0 saturated carbocycles. The lowest BCUT2D eigenvalue weighted by molar-refractivity contribution is 0.0937. The minimum atomic E-state index is -0.147. The van der Waals surface area contributed by atoms with Crippen molar-refractivity contribution in [1.29, 1.82) is 0 Å². The molecule has 170 valence electrons. The Morgan fingerprint density at radius 2 is 1.79 bits per heavy atom. The van der Waals surface area contributed by atoms with Gasteiger partial charge in [-0.05, 0) is 54.1 Å². The second kappa shape index (κ2) is 10.3. The minimum Gasteiger partial charge on any atom is -0.492 e. The Hall–Kier alpha value is -3.64. The molecular formula is C27H30N4O2. The first-order valence-electron chi connectivity index (χ1n) is 11.2. The maximum atomic E-state index is 12.2. The largest absolute Gasteiger partial charge is 0.492 e. The molecule has 1 heterocycles. The lowest BCUT2D eigenvalue weighted by Crippen LogP contribution is -2.29. The molecule has 0 bridgehead atoms. The van der Waals surface area contributed by atoms with E-state index in [-0.39, 0.29) is 5.91 Å². The zero-order chi connectivity index (χ0) is 23.2. The standard InChI is InChI=1S/C27H30N4O2/c1-20-17-26(31(3)29-20)27(32)28-15-16-33-24-13-11-21(12-14-24)18-30(2)19-23-9-6-8-22-7-4-5-10-25(22)23/h4-14,17H,15-16,18-19H2,1-3H3,(H,28,32). The molecule has 0 unspecified atom stereocenters. The van der Waals surface area contributed by atoms with Gasteiger partial charge < -0.3 is 10.1 Å². The van der Waals surface area contributed by atoms with Crippen LogP contribution in [0.1, 0.15) is 27.3 Å². The van der Waals surface area contributed by atoms with E-state index in [4.69, 9.17) is 4.74 Å². The zero-order valence-corrected chi connectivity index (χ0v) is 19.4. The molecule has 1 aromatic heterocycles. The summed E-state index contributed by atoms with van der Waals surface area (Å²) in [6, 6.07) is 24.9. The number of aryl methyl sites for hydroxylation is 2. The van der Waals surface area contributed by atoms with Crippen molar-refractivity contribution in [2.75, 3.05) is 20.2 Å². The summed E-state index contributed by atoms with van der Waals surface area (Å²) in [7, 11) is 3.90. The van der Waals surface area contributed by atoms with Gasteiger partial charge in [-0.1, -0.05) is 54.6 Å². The van der Waals surface area contributed by atoms with E-state index in [0.717, 1.165) is 24.5 Å². The van der Waals surface area contributed by atoms with E-state index in [2.05, 4.69) is 77.0 Å². The van der Waals surface area contributed by atoms with Crippen LogP contribution in [0.15, 0.2) is 72.8 Å². The Balaban J connectivity index is 1.24. The SMILES string of the molecule is Cc1cc(C(=O)NCCOc2ccc(CN(C)Cc3cccc4ccccc34)cc2)n(C)n1. The van der Waals surface area contributed by atoms with Crippen LogP contribution in [0.4, 0.5) is 0 Å². The van der Waals surface area contributed by atoms with Gasteiger partial charge in [0, 0.05) is 20.1 Å². The number of benzene rings is 3. The molecule has 4 rings (SSSR count). The maximum absolute atomic E-state index is 12.2. The highest BCUT2D eigenvalue weighted by Crippen LogP contribution is 2.21. The van der Waals surface area contributed by atoms with Gasteiger partial charge in [0.15, 0.2) is 0 Å². The van der Waals surface area contributed by atoms with E-state index in [9.17, 15) is 4.79 Å². The number of aromatic nitrogens is 2. The number of carbonyl (C=O) groups is 1. The van der Waals surface area contributed by atoms with Crippen LogP contribution in [-0.4, -0.2) is 40.8 Å². The van der Waals surface area contributed by atoms with Crippen molar-refractivity contribution in [3.8, 4) is 5.75 Å². The van der Waals surface area contributed by atoms with E-state index in [1.165, 1.54) is 21.9 Å². The Kier molecular flexibility index (Phi) is 7.05. The third kappa shape index (κ3) is 5.79. The molecule has 6 heteroatoms. The van der Waals surface area contributed by atoms with Gasteiger partial charge >= 0.3 is 0 Å². The lowest BCUT2D eigenvalue weighted by atomic mass is 10.0. The van der Waals surface area contributed by atoms with Crippen LogP contribution in [0.5, 0.6) is 5.75 Å². The van der Waals surface area contributed by atoms with Gasteiger partial charge in [-0.2, -0.15) is 5.10 Å². The predicted molar refractivity (Wildman–Crippen MR) is 131 cm³/mol. The molecule has 0 aliphatic rings. The summed E-state index contributed by atoms with van der Waals surface area (Å²) in [4.78, 5) is 14.5. The third-order valence-electron chi connectivity index (χ3n) is 5.59. The second-order valence-electron chi connectivity index (χ2n) is 8.35. The summed E-state index contributed by atoms with van der Waals surface area (Å²) >= 11 is 0. The van der Waals surface area contributed by atoms with Crippen molar-refractivity contribution in [3.05, 3.63) is 95.3 Å². The monoisotopic (exact) mass is 442 g/mol. The number of ether oxygens (including phenoxy) is 1. The van der Waals surface area contributed by atoms with Crippen LogP contribution >= 0.6 is 0 Å². The average Bonchev–Trinajstić information content (AvgIpc) is 3.16. The van der Waals surface area contributed by atoms with Gasteiger partial charge in [-0.15, -0.1) is 0 Å². The highest BCUT2D eigenvalue weighted by Gasteiger charge is 2.11. The van der Waals surface area contributed by atoms with Gasteiger partial charge in [0.1, 0.15) is 18.1 Å². The molecule has 1 amide bonds. The molecule has 0 saturated heterocycles. The van der Waals surface area contributed by atoms with Gasteiger partial charge in [0.2, 0.25) is 0 Å². The number of carbonyl (C=O) groups excluding carboxylic acids is 1. The summed E-state index contributed by atoms with van der Waals surface area (Å²) in [6.07, 6.45) is 0. The number of amides is 1. The lowest BCUT2D eigenvalue weighted by Gasteiger charge is -2.18. The van der Waals surface area contributed by atoms with E-state index in [1.54, 1.807) is 17.8 Å². The fourth-order valence-electron chi connectivity index (χ4n) is 4.03. The molecule has 6 nitrogen and oxygen atoms in total. The van der Waals surface area contributed by atoms with E-state index in [0.29, 0.717) is 18.8 Å². The van der Waals surface area contributed by atoms with Gasteiger partial charge in [0.05, 0.1) is 12.2 Å². The summed E-state index contributed by atoms with van der Waals surface area (Å²) in [5, 5.41) is 9.64. The summed E-state index contributed by atoms with van der Waals surface area (Å²) in [5.74, 6) is 0.646. The van der Waals surface area contributed by atoms with Crippen LogP contribution in [-0.2, 0) is 20.1 Å². The first kappa shape index (κ1) is 22.6. The fraction of sp³-hybridized carbons (Fsp3) is 0.259. The molecule has 0 radical (unpaired) electrons. The first-order valence-corrected chi connectivity index (χ1v) is 11.2. The number of nitrogens with one attached hydrogen (secondary N) is 1. The van der Waals surface area contributed by atoms with E-state index in [1.807, 2.05) is 19.1 Å². The number of hydrogen-bond acceptors (Lipinski definition) is 4. The fourth-order valence-corrected chi connectivity index (χ4v) is 4.03. The number of hydrogen-bond donors (Lipinski definition) is 1. The average molecular weight is 443 g/mol. The number of rotatable bonds is 9. The van der Waals surface area contributed by atoms with Crippen LogP contribution < -0.4 is 10.1 Å². The molecule has 33 heavy (non-hydrogen) atoms. The minimum absolute atomic E-state index is 0.147. The molecule has 4 aromatic rings. The molecule has 1 N–H and O–H groups in total. The molecule has 0 atom stereocenters. The smallest absolute Gasteiger partial charge is 0.269 e. The predicted octanol–water partition coefficient (Wildman–Crippen LogP) is 4.32. The second-order valence-corrected chi connectivity index (χ2v) is 8.35. The van der Waals surface area contributed by atoms with Crippen LogP contribution in [0.3, 0.4) is 0 Å². The zero-order valence-electron chi connectivity index (χ0n) is 19.4. The van der Waals surface area contributed by atoms with E-state index < -0.39 is 0 Å². The van der Waals surface area contributed by atoms with Crippen molar-refractivity contribution in [2.24, 2.45) is 7.05 Å². The van der Waals surface area contributed by atoms with Crippen LogP contribution in [0, 0.1) is 6.92 Å². The van der Waals surface area contributed by atoms with Gasteiger partial charge in [-0.25, -0.2) is 0 Å². The van der Waals surface area contributed by atoms with Crippen LogP contribution in [0.25, 0.3) is 10.8 Å².